The second-order valence-corrected chi connectivity index (χ2v) is 5.51. The number of furan rings is 1. The van der Waals surface area contributed by atoms with Crippen LogP contribution in [0.2, 0.25) is 0 Å². The molecule has 0 atom stereocenters. The summed E-state index contributed by atoms with van der Waals surface area (Å²) in [5.74, 6) is 1.23. The molecule has 0 saturated heterocycles. The molecule has 0 spiro atoms. The quantitative estimate of drug-likeness (QED) is 0.435. The average molecular weight is 438 g/mol. The van der Waals surface area contributed by atoms with Crippen molar-refractivity contribution >= 4 is 63.3 Å². The number of amidine groups is 1. The van der Waals surface area contributed by atoms with Gasteiger partial charge in [-0.3, -0.25) is 4.79 Å². The van der Waals surface area contributed by atoms with Gasteiger partial charge < -0.3 is 15.5 Å². The predicted octanol–water partition coefficient (Wildman–Crippen LogP) is 2.97. The molecule has 21 heavy (non-hydrogen) atoms. The Morgan fingerprint density at radius 3 is 3.00 bits per heavy atom. The van der Waals surface area contributed by atoms with Crippen molar-refractivity contribution in [2.75, 3.05) is 6.26 Å². The summed E-state index contributed by atoms with van der Waals surface area (Å²) in [4.78, 5) is 19.3. The fourth-order valence-corrected chi connectivity index (χ4v) is 2.31. The van der Waals surface area contributed by atoms with E-state index in [9.17, 15) is 4.79 Å². The molecule has 0 radical (unpaired) electrons. The number of halogens is 1. The molecule has 2 rings (SSSR count). The maximum atomic E-state index is 10.8. The lowest BCUT2D eigenvalue weighted by atomic mass is 10.3. The van der Waals surface area contributed by atoms with Crippen LogP contribution in [-0.2, 0) is 11.3 Å². The smallest absolute Gasteiger partial charge is 0.217 e. The minimum Gasteiger partial charge on any atom is -0.458 e. The first-order valence-electron chi connectivity index (χ1n) is 5.75. The van der Waals surface area contributed by atoms with Crippen LogP contribution in [0.4, 0.5) is 5.13 Å². The van der Waals surface area contributed by atoms with Crippen LogP contribution in [0.25, 0.3) is 11.5 Å². The number of aromatic nitrogens is 1. The van der Waals surface area contributed by atoms with E-state index in [1.54, 1.807) is 0 Å². The number of thiazole rings is 1. The van der Waals surface area contributed by atoms with E-state index in [4.69, 9.17) is 10.2 Å². The highest BCUT2D eigenvalue weighted by molar-refractivity contribution is 14.0. The van der Waals surface area contributed by atoms with E-state index in [1.807, 2.05) is 23.8 Å². The molecule has 6 nitrogen and oxygen atoms in total. The van der Waals surface area contributed by atoms with Crippen LogP contribution in [0, 0.1) is 0 Å². The number of hydrogen-bond acceptors (Lipinski definition) is 6. The minimum atomic E-state index is -0.0965. The summed E-state index contributed by atoms with van der Waals surface area (Å²) in [6, 6.07) is 3.63. The number of carbonyl (C=O) groups is 1. The molecular formula is C12H15IN4O2S2. The van der Waals surface area contributed by atoms with E-state index in [0.717, 1.165) is 0 Å². The lowest BCUT2D eigenvalue weighted by Gasteiger charge is -1.97. The van der Waals surface area contributed by atoms with Crippen molar-refractivity contribution in [2.45, 2.75) is 13.5 Å². The fraction of sp³-hybridized carbons (Fsp3) is 0.250. The van der Waals surface area contributed by atoms with Gasteiger partial charge in [0.25, 0.3) is 0 Å². The van der Waals surface area contributed by atoms with Gasteiger partial charge in [-0.15, -0.1) is 35.3 Å². The Labute approximate surface area is 147 Å². The Balaban J connectivity index is 0.00000220. The first kappa shape index (κ1) is 18.0. The van der Waals surface area contributed by atoms with Crippen LogP contribution in [-0.4, -0.2) is 22.3 Å². The Kier molecular flexibility index (Phi) is 7.18. The van der Waals surface area contributed by atoms with Crippen LogP contribution in [0.15, 0.2) is 26.9 Å². The van der Waals surface area contributed by atoms with E-state index in [2.05, 4.69) is 15.3 Å². The van der Waals surface area contributed by atoms with Crippen molar-refractivity contribution in [1.82, 2.24) is 10.3 Å². The molecule has 9 heteroatoms. The van der Waals surface area contributed by atoms with E-state index in [0.29, 0.717) is 34.1 Å². The Bertz CT molecular complexity index is 639. The fourth-order valence-electron chi connectivity index (χ4n) is 1.39. The van der Waals surface area contributed by atoms with Gasteiger partial charge in [0.05, 0.1) is 6.54 Å². The highest BCUT2D eigenvalue weighted by Gasteiger charge is 2.09. The van der Waals surface area contributed by atoms with Crippen molar-refractivity contribution < 1.29 is 9.21 Å². The zero-order chi connectivity index (χ0) is 14.5. The summed E-state index contributed by atoms with van der Waals surface area (Å²) in [6.07, 6.45) is 1.86. The number of hydrogen-bond donors (Lipinski definition) is 2. The number of carbonyl (C=O) groups excluding carboxylic acids is 1. The second kappa shape index (κ2) is 8.39. The molecule has 0 aromatic carbocycles. The van der Waals surface area contributed by atoms with Gasteiger partial charge >= 0.3 is 0 Å². The summed E-state index contributed by atoms with van der Waals surface area (Å²) in [7, 11) is 0. The lowest BCUT2D eigenvalue weighted by Crippen LogP contribution is -2.18. The molecular weight excluding hydrogens is 423 g/mol. The van der Waals surface area contributed by atoms with Crippen molar-refractivity contribution in [2.24, 2.45) is 10.7 Å². The highest BCUT2D eigenvalue weighted by Crippen LogP contribution is 2.28. The van der Waals surface area contributed by atoms with Gasteiger partial charge in [0.1, 0.15) is 11.5 Å². The molecule has 0 saturated carbocycles. The van der Waals surface area contributed by atoms with E-state index >= 15 is 0 Å². The minimum absolute atomic E-state index is 0. The number of aliphatic imine (C=N–C) groups is 1. The van der Waals surface area contributed by atoms with Crippen molar-refractivity contribution in [3.63, 3.8) is 0 Å². The van der Waals surface area contributed by atoms with Gasteiger partial charge in [-0.1, -0.05) is 11.8 Å². The molecule has 2 aromatic heterocycles. The van der Waals surface area contributed by atoms with Gasteiger partial charge in [-0.25, -0.2) is 4.98 Å². The molecule has 0 aliphatic heterocycles. The molecule has 3 N–H and O–H groups in total. The maximum Gasteiger partial charge on any atom is 0.217 e. The highest BCUT2D eigenvalue weighted by atomic mass is 127. The van der Waals surface area contributed by atoms with E-state index in [1.165, 1.54) is 30.0 Å². The Hall–Kier alpha value is -1.07. The molecule has 0 fully saturated rings. The standard InChI is InChI=1S/C12H14N4O2S2.HI/c1-7(17)14-5-8-3-4-10(18-8)9-6-20-12(15-9)16-11(13)19-2;/h3-4,6H,5H2,1-2H3,(H,14,17)(H2,13,15,16);1H. The van der Waals surface area contributed by atoms with Crippen LogP contribution in [0.5, 0.6) is 0 Å². The van der Waals surface area contributed by atoms with Crippen molar-refractivity contribution in [3.05, 3.63) is 23.3 Å². The number of rotatable bonds is 4. The lowest BCUT2D eigenvalue weighted by molar-refractivity contribution is -0.119. The van der Waals surface area contributed by atoms with Crippen LogP contribution < -0.4 is 11.1 Å². The van der Waals surface area contributed by atoms with Gasteiger partial charge in [-0.2, -0.15) is 4.99 Å². The molecule has 0 bridgehead atoms. The van der Waals surface area contributed by atoms with Crippen molar-refractivity contribution in [3.8, 4) is 11.5 Å². The van der Waals surface area contributed by atoms with Gasteiger partial charge in [-0.05, 0) is 18.4 Å². The van der Waals surface area contributed by atoms with Gasteiger partial charge in [0, 0.05) is 12.3 Å². The molecule has 1 amide bonds. The number of thioether (sulfide) groups is 1. The molecule has 2 aromatic rings. The van der Waals surface area contributed by atoms with Crippen LogP contribution in [0.1, 0.15) is 12.7 Å². The van der Waals surface area contributed by atoms with Gasteiger partial charge in [0.2, 0.25) is 11.0 Å². The zero-order valence-electron chi connectivity index (χ0n) is 11.5. The van der Waals surface area contributed by atoms with Crippen LogP contribution in [0.3, 0.4) is 0 Å². The summed E-state index contributed by atoms with van der Waals surface area (Å²) in [6.45, 7) is 1.83. The summed E-state index contributed by atoms with van der Waals surface area (Å²) in [5, 5.41) is 5.59. The third-order valence-corrected chi connectivity index (χ3v) is 3.58. The molecule has 2 heterocycles. The molecule has 0 aliphatic rings. The van der Waals surface area contributed by atoms with Crippen molar-refractivity contribution in [1.29, 1.82) is 0 Å². The normalized spacial score (nSPS) is 11.0. The first-order valence-corrected chi connectivity index (χ1v) is 7.86. The number of nitrogens with zero attached hydrogens (tertiary/aromatic N) is 2. The molecule has 114 valence electrons. The first-order chi connectivity index (χ1) is 9.58. The van der Waals surface area contributed by atoms with E-state index < -0.39 is 0 Å². The monoisotopic (exact) mass is 438 g/mol. The molecule has 0 unspecified atom stereocenters. The third kappa shape index (κ3) is 5.32. The third-order valence-electron chi connectivity index (χ3n) is 2.33. The Morgan fingerprint density at radius 1 is 1.57 bits per heavy atom. The largest absolute Gasteiger partial charge is 0.458 e. The Morgan fingerprint density at radius 2 is 2.33 bits per heavy atom. The molecule has 0 aliphatic carbocycles. The zero-order valence-corrected chi connectivity index (χ0v) is 15.4. The predicted molar refractivity (Wildman–Crippen MR) is 97.5 cm³/mol. The number of nitrogens with two attached hydrogens (primary N) is 1. The SMILES string of the molecule is CS/C(N)=N/c1nc(-c2ccc(CNC(C)=O)o2)cs1.I. The summed E-state index contributed by atoms with van der Waals surface area (Å²) < 4.78 is 5.61. The van der Waals surface area contributed by atoms with E-state index in [-0.39, 0.29) is 29.9 Å². The number of amides is 1. The summed E-state index contributed by atoms with van der Waals surface area (Å²) in [5.41, 5.74) is 6.35. The average Bonchev–Trinajstić information content (AvgIpc) is 3.04. The van der Waals surface area contributed by atoms with Crippen LogP contribution >= 0.6 is 47.1 Å². The topological polar surface area (TPSA) is 93.5 Å². The second-order valence-electron chi connectivity index (χ2n) is 3.85. The maximum absolute atomic E-state index is 10.8. The number of nitrogens with one attached hydrogen (secondary N) is 1. The summed E-state index contributed by atoms with van der Waals surface area (Å²) >= 11 is 2.76. The van der Waals surface area contributed by atoms with Gasteiger partial charge in [0.15, 0.2) is 10.9 Å².